The van der Waals surface area contributed by atoms with E-state index < -0.39 is 5.82 Å². The second-order valence-electron chi connectivity index (χ2n) is 3.98. The predicted molar refractivity (Wildman–Crippen MR) is 69.2 cm³/mol. The molecule has 1 aromatic rings. The number of carbonyl (C=O) groups excluding carboxylic acids is 1. The van der Waals surface area contributed by atoms with E-state index in [1.54, 1.807) is 13.2 Å². The lowest BCUT2D eigenvalue weighted by molar-refractivity contribution is 0.0643. The number of ether oxygens (including phenoxy) is 3. The van der Waals surface area contributed by atoms with E-state index in [0.29, 0.717) is 32.8 Å². The summed E-state index contributed by atoms with van der Waals surface area (Å²) in [5, 5.41) is 0. The molecule has 0 heterocycles. The molecule has 0 aliphatic heterocycles. The van der Waals surface area contributed by atoms with Gasteiger partial charge in [-0.3, -0.25) is 4.79 Å². The van der Waals surface area contributed by atoms with E-state index in [9.17, 15) is 9.18 Å². The molecule has 0 amide bonds. The van der Waals surface area contributed by atoms with Gasteiger partial charge in [-0.25, -0.2) is 4.39 Å². The second-order valence-corrected chi connectivity index (χ2v) is 3.98. The van der Waals surface area contributed by atoms with Crippen LogP contribution in [0.15, 0.2) is 18.2 Å². The highest BCUT2D eigenvalue weighted by atomic mass is 19.1. The van der Waals surface area contributed by atoms with Crippen molar-refractivity contribution in [2.75, 3.05) is 33.5 Å². The number of benzene rings is 1. The van der Waals surface area contributed by atoms with Crippen LogP contribution in [-0.4, -0.2) is 39.3 Å². The van der Waals surface area contributed by atoms with E-state index in [1.807, 2.05) is 0 Å². The maximum Gasteiger partial charge on any atom is 0.166 e. The van der Waals surface area contributed by atoms with Crippen LogP contribution in [0.4, 0.5) is 4.39 Å². The summed E-state index contributed by atoms with van der Waals surface area (Å²) in [7, 11) is 1.61. The smallest absolute Gasteiger partial charge is 0.166 e. The van der Waals surface area contributed by atoms with Gasteiger partial charge in [0.15, 0.2) is 5.78 Å². The Morgan fingerprint density at radius 2 is 2.00 bits per heavy atom. The molecule has 0 aliphatic rings. The molecule has 0 spiro atoms. The number of ketones is 1. The standard InChI is InChI=1S/C14H19FO4/c1-11(16)14-12(15)5-3-6-13(14)19-8-4-7-18-10-9-17-2/h3,5-6H,4,7-10H2,1-2H3. The van der Waals surface area contributed by atoms with Gasteiger partial charge in [0.1, 0.15) is 11.6 Å². The Morgan fingerprint density at radius 1 is 1.21 bits per heavy atom. The van der Waals surface area contributed by atoms with Crippen molar-refractivity contribution in [3.8, 4) is 5.75 Å². The number of hydrogen-bond donors (Lipinski definition) is 0. The molecule has 5 heteroatoms. The first-order valence-electron chi connectivity index (χ1n) is 6.15. The summed E-state index contributed by atoms with van der Waals surface area (Å²) in [4.78, 5) is 11.3. The molecule has 0 saturated carbocycles. The molecule has 19 heavy (non-hydrogen) atoms. The maximum absolute atomic E-state index is 13.5. The van der Waals surface area contributed by atoms with E-state index in [1.165, 1.54) is 19.1 Å². The maximum atomic E-state index is 13.5. The first-order valence-corrected chi connectivity index (χ1v) is 6.15. The van der Waals surface area contributed by atoms with E-state index in [0.717, 1.165) is 0 Å². The minimum Gasteiger partial charge on any atom is -0.493 e. The topological polar surface area (TPSA) is 44.8 Å². The van der Waals surface area contributed by atoms with Gasteiger partial charge >= 0.3 is 0 Å². The van der Waals surface area contributed by atoms with Gasteiger partial charge in [0.2, 0.25) is 0 Å². The highest BCUT2D eigenvalue weighted by Gasteiger charge is 2.13. The summed E-state index contributed by atoms with van der Waals surface area (Å²) in [6, 6.07) is 4.36. The molecule has 0 fully saturated rings. The highest BCUT2D eigenvalue weighted by molar-refractivity contribution is 5.97. The fraction of sp³-hybridized carbons (Fsp3) is 0.500. The average Bonchev–Trinajstić information content (AvgIpc) is 2.37. The third kappa shape index (κ3) is 5.36. The number of rotatable bonds is 9. The van der Waals surface area contributed by atoms with Gasteiger partial charge in [0.25, 0.3) is 0 Å². The Hall–Kier alpha value is -1.46. The fourth-order valence-electron chi connectivity index (χ4n) is 1.55. The summed E-state index contributed by atoms with van der Waals surface area (Å²) in [5.41, 5.74) is 0.00259. The quantitative estimate of drug-likeness (QED) is 0.511. The van der Waals surface area contributed by atoms with Crippen LogP contribution in [0.25, 0.3) is 0 Å². The number of halogens is 1. The molecule has 0 aromatic heterocycles. The summed E-state index contributed by atoms with van der Waals surface area (Å²) in [6.07, 6.45) is 0.664. The number of carbonyl (C=O) groups is 1. The van der Waals surface area contributed by atoms with Crippen molar-refractivity contribution in [2.45, 2.75) is 13.3 Å². The van der Waals surface area contributed by atoms with E-state index in [-0.39, 0.29) is 17.1 Å². The molecule has 1 rings (SSSR count). The second kappa shape index (κ2) is 8.61. The van der Waals surface area contributed by atoms with Crippen LogP contribution in [-0.2, 0) is 9.47 Å². The van der Waals surface area contributed by atoms with E-state index in [2.05, 4.69) is 0 Å². The van der Waals surface area contributed by atoms with Crippen molar-refractivity contribution in [3.05, 3.63) is 29.6 Å². The van der Waals surface area contributed by atoms with Crippen LogP contribution in [0.3, 0.4) is 0 Å². The van der Waals surface area contributed by atoms with Gasteiger partial charge in [0.05, 0.1) is 25.4 Å². The van der Waals surface area contributed by atoms with Gasteiger partial charge in [0, 0.05) is 20.1 Å². The van der Waals surface area contributed by atoms with Crippen LogP contribution in [0.2, 0.25) is 0 Å². The van der Waals surface area contributed by atoms with Crippen LogP contribution in [0.1, 0.15) is 23.7 Å². The van der Waals surface area contributed by atoms with Gasteiger partial charge in [-0.2, -0.15) is 0 Å². The van der Waals surface area contributed by atoms with Gasteiger partial charge in [-0.15, -0.1) is 0 Å². The third-order valence-electron chi connectivity index (χ3n) is 2.45. The zero-order valence-electron chi connectivity index (χ0n) is 11.3. The highest BCUT2D eigenvalue weighted by Crippen LogP contribution is 2.22. The first-order chi connectivity index (χ1) is 9.16. The molecular weight excluding hydrogens is 251 g/mol. The molecule has 0 atom stereocenters. The summed E-state index contributed by atoms with van der Waals surface area (Å²) < 4.78 is 29.0. The van der Waals surface area contributed by atoms with Gasteiger partial charge in [-0.1, -0.05) is 6.07 Å². The monoisotopic (exact) mass is 270 g/mol. The first kappa shape index (κ1) is 15.6. The molecule has 0 aliphatic carbocycles. The Labute approximate surface area is 112 Å². The molecule has 0 N–H and O–H groups in total. The molecule has 0 bridgehead atoms. The third-order valence-corrected chi connectivity index (χ3v) is 2.45. The van der Waals surface area contributed by atoms with E-state index in [4.69, 9.17) is 14.2 Å². The van der Waals surface area contributed by atoms with Gasteiger partial charge in [-0.05, 0) is 19.1 Å². The van der Waals surface area contributed by atoms with Crippen molar-refractivity contribution in [2.24, 2.45) is 0 Å². The molecule has 0 saturated heterocycles. The van der Waals surface area contributed by atoms with Crippen LogP contribution >= 0.6 is 0 Å². The van der Waals surface area contributed by atoms with Crippen molar-refractivity contribution in [1.82, 2.24) is 0 Å². The number of methoxy groups -OCH3 is 1. The lowest BCUT2D eigenvalue weighted by atomic mass is 10.1. The zero-order valence-corrected chi connectivity index (χ0v) is 11.3. The fourth-order valence-corrected chi connectivity index (χ4v) is 1.55. The van der Waals surface area contributed by atoms with Gasteiger partial charge < -0.3 is 14.2 Å². The summed E-state index contributed by atoms with van der Waals surface area (Å²) >= 11 is 0. The minimum absolute atomic E-state index is 0.00259. The molecule has 4 nitrogen and oxygen atoms in total. The lowest BCUT2D eigenvalue weighted by Crippen LogP contribution is -2.09. The normalized spacial score (nSPS) is 10.5. The molecule has 0 radical (unpaired) electrons. The summed E-state index contributed by atoms with van der Waals surface area (Å²) in [5.74, 6) is -0.616. The van der Waals surface area contributed by atoms with Crippen molar-refractivity contribution >= 4 is 5.78 Å². The van der Waals surface area contributed by atoms with Crippen LogP contribution < -0.4 is 4.74 Å². The lowest BCUT2D eigenvalue weighted by Gasteiger charge is -2.10. The van der Waals surface area contributed by atoms with Crippen molar-refractivity contribution in [1.29, 1.82) is 0 Å². The average molecular weight is 270 g/mol. The largest absolute Gasteiger partial charge is 0.493 e. The molecule has 1 aromatic carbocycles. The Balaban J connectivity index is 2.37. The van der Waals surface area contributed by atoms with Crippen molar-refractivity contribution in [3.63, 3.8) is 0 Å². The van der Waals surface area contributed by atoms with Crippen LogP contribution in [0, 0.1) is 5.82 Å². The summed E-state index contributed by atoms with van der Waals surface area (Å²) in [6.45, 7) is 3.32. The molecule has 106 valence electrons. The number of hydrogen-bond acceptors (Lipinski definition) is 4. The molecular formula is C14H19FO4. The zero-order chi connectivity index (χ0) is 14.1. The van der Waals surface area contributed by atoms with E-state index >= 15 is 0 Å². The predicted octanol–water partition coefficient (Wildman–Crippen LogP) is 2.46. The molecule has 0 unspecified atom stereocenters. The van der Waals surface area contributed by atoms with Crippen LogP contribution in [0.5, 0.6) is 5.75 Å². The Kier molecular flexibility index (Phi) is 7.07. The minimum atomic E-state index is -0.554. The SMILES string of the molecule is COCCOCCCOc1cccc(F)c1C(C)=O. The Bertz CT molecular complexity index is 406. The van der Waals surface area contributed by atoms with Crippen molar-refractivity contribution < 1.29 is 23.4 Å². The number of Topliss-reactive ketones (excluding diaryl/α,β-unsaturated/α-hetero) is 1. The Morgan fingerprint density at radius 3 is 2.68 bits per heavy atom.